The minimum absolute atomic E-state index is 0.122. The van der Waals surface area contributed by atoms with E-state index in [2.05, 4.69) is 15.6 Å². The fourth-order valence-electron chi connectivity index (χ4n) is 3.55. The zero-order valence-electron chi connectivity index (χ0n) is 17.7. The molecular weight excluding hydrogens is 452 g/mol. The van der Waals surface area contributed by atoms with Crippen molar-refractivity contribution in [3.63, 3.8) is 0 Å². The van der Waals surface area contributed by atoms with Crippen molar-refractivity contribution in [1.82, 2.24) is 5.32 Å². The Kier molecular flexibility index (Phi) is 6.06. The van der Waals surface area contributed by atoms with E-state index in [0.29, 0.717) is 11.3 Å². The largest absolute Gasteiger partial charge is 0.416 e. The molecular formula is C24H18F4N4O2. The molecule has 0 aliphatic carbocycles. The molecule has 2 N–H and O–H groups in total. The zero-order valence-corrected chi connectivity index (χ0v) is 17.7. The van der Waals surface area contributed by atoms with Crippen LogP contribution in [-0.2, 0) is 11.0 Å². The van der Waals surface area contributed by atoms with E-state index in [4.69, 9.17) is 0 Å². The average Bonchev–Trinajstić information content (AvgIpc) is 2.90. The summed E-state index contributed by atoms with van der Waals surface area (Å²) in [6.07, 6.45) is -6.04. The first-order chi connectivity index (χ1) is 16.1. The number of carbonyl (C=O) groups is 2. The third-order valence-corrected chi connectivity index (χ3v) is 5.19. The van der Waals surface area contributed by atoms with Gasteiger partial charge < -0.3 is 15.5 Å². The van der Waals surface area contributed by atoms with E-state index in [1.165, 1.54) is 36.2 Å². The summed E-state index contributed by atoms with van der Waals surface area (Å²) in [6, 6.07) is 15.7. The molecule has 174 valence electrons. The number of alkyl halides is 3. The number of benzene rings is 3. The molecule has 1 heterocycles. The van der Waals surface area contributed by atoms with Gasteiger partial charge in [0, 0.05) is 23.9 Å². The van der Waals surface area contributed by atoms with Crippen LogP contribution in [0.15, 0.2) is 77.8 Å². The molecule has 1 unspecified atom stereocenters. The monoisotopic (exact) mass is 470 g/mol. The normalized spacial score (nSPS) is 15.8. The van der Waals surface area contributed by atoms with Crippen molar-refractivity contribution >= 4 is 29.0 Å². The van der Waals surface area contributed by atoms with Crippen LogP contribution < -0.4 is 15.5 Å². The third kappa shape index (κ3) is 4.61. The Morgan fingerprint density at radius 3 is 2.35 bits per heavy atom. The van der Waals surface area contributed by atoms with Crippen LogP contribution in [0, 0.1) is 5.82 Å². The second kappa shape index (κ2) is 8.97. The second-order valence-corrected chi connectivity index (χ2v) is 7.45. The summed E-state index contributed by atoms with van der Waals surface area (Å²) in [5.74, 6) is -1.18. The number of carbonyl (C=O) groups excluding carboxylic acids is 2. The number of amides is 3. The number of likely N-dealkylation sites (N-methyl/N-ethyl adjacent to an activating group) is 1. The molecule has 0 radical (unpaired) electrons. The number of para-hydroxylation sites is 1. The Bertz CT molecular complexity index is 1290. The maximum atomic E-state index is 14.6. The molecule has 0 fully saturated rings. The molecule has 34 heavy (non-hydrogen) atoms. The number of nitrogens with zero attached hydrogens (tertiary/aromatic N) is 2. The highest BCUT2D eigenvalue weighted by Gasteiger charge is 2.32. The highest BCUT2D eigenvalue weighted by molar-refractivity contribution is 6.20. The first kappa shape index (κ1) is 23.0. The molecule has 0 bridgehead atoms. The van der Waals surface area contributed by atoms with E-state index in [1.807, 2.05) is 0 Å². The van der Waals surface area contributed by atoms with E-state index in [-0.39, 0.29) is 17.0 Å². The van der Waals surface area contributed by atoms with Gasteiger partial charge in [-0.3, -0.25) is 4.79 Å². The number of anilines is 2. The molecule has 4 rings (SSSR count). The van der Waals surface area contributed by atoms with E-state index >= 15 is 0 Å². The van der Waals surface area contributed by atoms with Gasteiger partial charge in [-0.15, -0.1) is 0 Å². The topological polar surface area (TPSA) is 73.8 Å². The molecule has 0 saturated heterocycles. The van der Waals surface area contributed by atoms with Crippen molar-refractivity contribution in [1.29, 1.82) is 0 Å². The molecule has 0 saturated carbocycles. The number of halogens is 4. The zero-order chi connectivity index (χ0) is 24.5. The summed E-state index contributed by atoms with van der Waals surface area (Å²) < 4.78 is 53.5. The number of nitrogens with one attached hydrogen (secondary N) is 2. The number of rotatable bonds is 3. The predicted octanol–water partition coefficient (Wildman–Crippen LogP) is 4.81. The van der Waals surface area contributed by atoms with Crippen LogP contribution in [0.5, 0.6) is 0 Å². The minimum atomic E-state index is -4.58. The first-order valence-electron chi connectivity index (χ1n) is 10.1. The van der Waals surface area contributed by atoms with Crippen LogP contribution in [0.2, 0.25) is 0 Å². The van der Waals surface area contributed by atoms with E-state index in [1.54, 1.807) is 30.3 Å². The SMILES string of the molecule is CN1C(=O)C(NC(=O)Nc2cccc(C(F)(F)F)c2)N=C(c2ccccc2F)c2ccccc21. The number of urea groups is 1. The molecule has 1 aliphatic rings. The Morgan fingerprint density at radius 1 is 0.971 bits per heavy atom. The van der Waals surface area contributed by atoms with E-state index in [9.17, 15) is 27.2 Å². The third-order valence-electron chi connectivity index (χ3n) is 5.19. The fourth-order valence-corrected chi connectivity index (χ4v) is 3.55. The number of hydrogen-bond donors (Lipinski definition) is 2. The quantitative estimate of drug-likeness (QED) is 0.540. The summed E-state index contributed by atoms with van der Waals surface area (Å²) in [4.78, 5) is 31.3. The lowest BCUT2D eigenvalue weighted by molar-refractivity contribution is -0.137. The summed E-state index contributed by atoms with van der Waals surface area (Å²) in [5.41, 5.74) is 0.149. The summed E-state index contributed by atoms with van der Waals surface area (Å²) >= 11 is 0. The fraction of sp³-hybridized carbons (Fsp3) is 0.125. The van der Waals surface area contributed by atoms with Crippen LogP contribution in [0.4, 0.5) is 33.7 Å². The maximum absolute atomic E-state index is 14.6. The van der Waals surface area contributed by atoms with Gasteiger partial charge in [-0.25, -0.2) is 14.2 Å². The molecule has 3 aromatic rings. The molecule has 3 amide bonds. The van der Waals surface area contributed by atoms with Gasteiger partial charge in [0.15, 0.2) is 0 Å². The maximum Gasteiger partial charge on any atom is 0.416 e. The number of fused-ring (bicyclic) bond motifs is 1. The van der Waals surface area contributed by atoms with Crippen molar-refractivity contribution in [3.8, 4) is 0 Å². The molecule has 10 heteroatoms. The van der Waals surface area contributed by atoms with Gasteiger partial charge in [-0.1, -0.05) is 36.4 Å². The number of hydrogen-bond acceptors (Lipinski definition) is 3. The molecule has 0 aromatic heterocycles. The van der Waals surface area contributed by atoms with Crippen LogP contribution >= 0.6 is 0 Å². The van der Waals surface area contributed by atoms with Gasteiger partial charge >= 0.3 is 12.2 Å². The van der Waals surface area contributed by atoms with Crippen molar-refractivity contribution in [2.75, 3.05) is 17.3 Å². The van der Waals surface area contributed by atoms with Gasteiger partial charge in [0.25, 0.3) is 5.91 Å². The lowest BCUT2D eigenvalue weighted by atomic mass is 10.00. The van der Waals surface area contributed by atoms with Crippen LogP contribution in [-0.4, -0.2) is 30.9 Å². The standard InChI is InChI=1S/C24H18F4N4O2/c1-32-19-12-5-3-10-17(19)20(16-9-2-4-11-18(16)25)30-21(22(32)33)31-23(34)29-15-8-6-7-14(13-15)24(26,27)28/h2-13,21H,1H3,(H2,29,31,34). The highest BCUT2D eigenvalue weighted by atomic mass is 19.4. The van der Waals surface area contributed by atoms with Crippen molar-refractivity contribution < 1.29 is 27.2 Å². The minimum Gasteiger partial charge on any atom is -0.311 e. The Labute approximate surface area is 191 Å². The van der Waals surface area contributed by atoms with E-state index in [0.717, 1.165) is 18.2 Å². The number of benzodiazepines with no additional fused rings is 1. The Morgan fingerprint density at radius 2 is 1.65 bits per heavy atom. The lowest BCUT2D eigenvalue weighted by Crippen LogP contribution is -2.47. The summed E-state index contributed by atoms with van der Waals surface area (Å²) in [7, 11) is 1.49. The lowest BCUT2D eigenvalue weighted by Gasteiger charge is -2.21. The molecule has 6 nitrogen and oxygen atoms in total. The van der Waals surface area contributed by atoms with Gasteiger partial charge in [0.05, 0.1) is 17.0 Å². The summed E-state index contributed by atoms with van der Waals surface area (Å²) in [6.45, 7) is 0. The van der Waals surface area contributed by atoms with Crippen molar-refractivity contribution in [2.24, 2.45) is 4.99 Å². The van der Waals surface area contributed by atoms with Gasteiger partial charge in [-0.2, -0.15) is 13.2 Å². The van der Waals surface area contributed by atoms with Crippen molar-refractivity contribution in [3.05, 3.63) is 95.3 Å². The summed E-state index contributed by atoms with van der Waals surface area (Å²) in [5, 5.41) is 4.65. The van der Waals surface area contributed by atoms with Crippen LogP contribution in [0.3, 0.4) is 0 Å². The molecule has 1 atom stereocenters. The van der Waals surface area contributed by atoms with Crippen LogP contribution in [0.25, 0.3) is 0 Å². The van der Waals surface area contributed by atoms with Gasteiger partial charge in [-0.05, 0) is 36.4 Å². The van der Waals surface area contributed by atoms with E-state index < -0.39 is 35.7 Å². The smallest absolute Gasteiger partial charge is 0.311 e. The molecule has 1 aliphatic heterocycles. The second-order valence-electron chi connectivity index (χ2n) is 7.45. The van der Waals surface area contributed by atoms with Crippen LogP contribution in [0.1, 0.15) is 16.7 Å². The Hall–Kier alpha value is -4.21. The van der Waals surface area contributed by atoms with Gasteiger partial charge in [0.2, 0.25) is 6.17 Å². The first-order valence-corrected chi connectivity index (χ1v) is 10.1. The van der Waals surface area contributed by atoms with Gasteiger partial charge in [0.1, 0.15) is 5.82 Å². The molecule has 3 aromatic carbocycles. The van der Waals surface area contributed by atoms with Crippen molar-refractivity contribution in [2.45, 2.75) is 12.3 Å². The Balaban J connectivity index is 1.68. The highest BCUT2D eigenvalue weighted by Crippen LogP contribution is 2.31. The predicted molar refractivity (Wildman–Crippen MR) is 119 cm³/mol. The molecule has 0 spiro atoms. The average molecular weight is 470 g/mol. The number of aliphatic imine (C=N–C) groups is 1.